The van der Waals surface area contributed by atoms with E-state index in [2.05, 4.69) is 12.2 Å². The molecule has 0 heterocycles. The lowest BCUT2D eigenvalue weighted by Crippen LogP contribution is -2.37. The average Bonchev–Trinajstić information content (AvgIpc) is 2.39. The Balaban J connectivity index is 1.94. The Morgan fingerprint density at radius 1 is 1.11 bits per heavy atom. The standard InChI is InChI=1S/C14H29NO3/c1-3-15-13-6-4-7-14(12-13)18-11-10-17-9-5-8-16-2/h13-15H,3-12H2,1-2H3. The van der Waals surface area contributed by atoms with Crippen LogP contribution in [0.4, 0.5) is 0 Å². The second-order valence-electron chi connectivity index (χ2n) is 4.87. The predicted octanol–water partition coefficient (Wildman–Crippen LogP) is 1.98. The summed E-state index contributed by atoms with van der Waals surface area (Å²) in [4.78, 5) is 0. The van der Waals surface area contributed by atoms with Crippen LogP contribution in [0.1, 0.15) is 39.0 Å². The summed E-state index contributed by atoms with van der Waals surface area (Å²) in [5.41, 5.74) is 0. The first-order chi connectivity index (χ1) is 8.86. The molecule has 0 aromatic rings. The van der Waals surface area contributed by atoms with Gasteiger partial charge in [0.15, 0.2) is 0 Å². The van der Waals surface area contributed by atoms with Crippen LogP contribution in [0, 0.1) is 0 Å². The van der Waals surface area contributed by atoms with Crippen LogP contribution < -0.4 is 5.32 Å². The average molecular weight is 259 g/mol. The summed E-state index contributed by atoms with van der Waals surface area (Å²) in [5, 5.41) is 3.51. The van der Waals surface area contributed by atoms with Crippen molar-refractivity contribution in [1.82, 2.24) is 5.32 Å². The fraction of sp³-hybridized carbons (Fsp3) is 1.00. The summed E-state index contributed by atoms with van der Waals surface area (Å²) < 4.78 is 16.3. The topological polar surface area (TPSA) is 39.7 Å². The van der Waals surface area contributed by atoms with Gasteiger partial charge in [-0.1, -0.05) is 6.92 Å². The van der Waals surface area contributed by atoms with Crippen molar-refractivity contribution < 1.29 is 14.2 Å². The normalized spacial score (nSPS) is 24.3. The monoisotopic (exact) mass is 259 g/mol. The minimum atomic E-state index is 0.422. The second kappa shape index (κ2) is 10.7. The highest BCUT2D eigenvalue weighted by Gasteiger charge is 2.21. The maximum absolute atomic E-state index is 5.87. The molecule has 2 unspecified atom stereocenters. The number of hydrogen-bond acceptors (Lipinski definition) is 4. The van der Waals surface area contributed by atoms with Crippen molar-refractivity contribution in [1.29, 1.82) is 0 Å². The molecule has 1 rings (SSSR count). The van der Waals surface area contributed by atoms with Crippen LogP contribution in [0.25, 0.3) is 0 Å². The van der Waals surface area contributed by atoms with E-state index in [-0.39, 0.29) is 0 Å². The Morgan fingerprint density at radius 3 is 2.78 bits per heavy atom. The van der Waals surface area contributed by atoms with Gasteiger partial charge in [-0.3, -0.25) is 0 Å². The number of ether oxygens (including phenoxy) is 3. The van der Waals surface area contributed by atoms with Crippen LogP contribution in [0.15, 0.2) is 0 Å². The Bertz CT molecular complexity index is 188. The van der Waals surface area contributed by atoms with Crippen molar-refractivity contribution in [2.24, 2.45) is 0 Å². The van der Waals surface area contributed by atoms with Crippen molar-refractivity contribution in [2.45, 2.75) is 51.2 Å². The van der Waals surface area contributed by atoms with Crippen molar-refractivity contribution in [2.75, 3.05) is 40.1 Å². The fourth-order valence-corrected chi connectivity index (χ4v) is 2.45. The molecule has 4 nitrogen and oxygen atoms in total. The second-order valence-corrected chi connectivity index (χ2v) is 4.87. The first kappa shape index (κ1) is 15.9. The molecule has 0 aromatic heterocycles. The van der Waals surface area contributed by atoms with Crippen LogP contribution in [-0.2, 0) is 14.2 Å². The SMILES string of the molecule is CCNC1CCCC(OCCOCCCOC)C1. The number of hydrogen-bond donors (Lipinski definition) is 1. The maximum atomic E-state index is 5.87. The molecule has 1 saturated carbocycles. The van der Waals surface area contributed by atoms with Gasteiger partial charge in [-0.05, 0) is 38.6 Å². The molecule has 1 aliphatic rings. The lowest BCUT2D eigenvalue weighted by atomic mass is 9.93. The summed E-state index contributed by atoms with van der Waals surface area (Å²) in [6.07, 6.45) is 6.30. The lowest BCUT2D eigenvalue weighted by Gasteiger charge is -2.29. The first-order valence-corrected chi connectivity index (χ1v) is 7.28. The molecule has 1 N–H and O–H groups in total. The summed E-state index contributed by atoms with van der Waals surface area (Å²) >= 11 is 0. The maximum Gasteiger partial charge on any atom is 0.0704 e. The summed E-state index contributed by atoms with van der Waals surface area (Å²) in [5.74, 6) is 0. The Labute approximate surface area is 111 Å². The third-order valence-corrected chi connectivity index (χ3v) is 3.34. The van der Waals surface area contributed by atoms with E-state index in [0.717, 1.165) is 39.2 Å². The summed E-state index contributed by atoms with van der Waals surface area (Å²) in [6.45, 7) is 6.18. The van der Waals surface area contributed by atoms with Gasteiger partial charge in [-0.25, -0.2) is 0 Å². The molecule has 0 saturated heterocycles. The van der Waals surface area contributed by atoms with E-state index in [4.69, 9.17) is 14.2 Å². The highest BCUT2D eigenvalue weighted by atomic mass is 16.5. The van der Waals surface area contributed by atoms with Crippen molar-refractivity contribution in [3.63, 3.8) is 0 Å². The van der Waals surface area contributed by atoms with Crippen LogP contribution in [0.3, 0.4) is 0 Å². The van der Waals surface area contributed by atoms with Crippen LogP contribution in [0.2, 0.25) is 0 Å². The first-order valence-electron chi connectivity index (χ1n) is 7.28. The largest absolute Gasteiger partial charge is 0.385 e. The molecular formula is C14H29NO3. The lowest BCUT2D eigenvalue weighted by molar-refractivity contribution is -0.0175. The van der Waals surface area contributed by atoms with E-state index in [0.29, 0.717) is 18.8 Å². The van der Waals surface area contributed by atoms with E-state index >= 15 is 0 Å². The number of rotatable bonds is 10. The van der Waals surface area contributed by atoms with Gasteiger partial charge in [-0.2, -0.15) is 0 Å². The van der Waals surface area contributed by atoms with Gasteiger partial charge in [0.2, 0.25) is 0 Å². The molecule has 0 radical (unpaired) electrons. The van der Waals surface area contributed by atoms with Crippen LogP contribution >= 0.6 is 0 Å². The third kappa shape index (κ3) is 7.31. The molecule has 0 amide bonds. The zero-order valence-electron chi connectivity index (χ0n) is 12.0. The summed E-state index contributed by atoms with van der Waals surface area (Å²) in [6, 6.07) is 0.649. The molecule has 0 bridgehead atoms. The van der Waals surface area contributed by atoms with E-state index in [1.807, 2.05) is 0 Å². The van der Waals surface area contributed by atoms with E-state index < -0.39 is 0 Å². The molecule has 108 valence electrons. The van der Waals surface area contributed by atoms with Gasteiger partial charge in [0.1, 0.15) is 0 Å². The quantitative estimate of drug-likeness (QED) is 0.609. The number of methoxy groups -OCH3 is 1. The zero-order chi connectivity index (χ0) is 13.1. The van der Waals surface area contributed by atoms with Crippen LogP contribution in [-0.4, -0.2) is 52.2 Å². The Hall–Kier alpha value is -0.160. The molecule has 1 aliphatic carbocycles. The van der Waals surface area contributed by atoms with Gasteiger partial charge in [0.25, 0.3) is 0 Å². The van der Waals surface area contributed by atoms with Crippen molar-refractivity contribution in [3.05, 3.63) is 0 Å². The zero-order valence-corrected chi connectivity index (χ0v) is 12.0. The Kier molecular flexibility index (Phi) is 9.48. The van der Waals surface area contributed by atoms with Crippen molar-refractivity contribution >= 4 is 0 Å². The van der Waals surface area contributed by atoms with Crippen molar-refractivity contribution in [3.8, 4) is 0 Å². The highest BCUT2D eigenvalue weighted by molar-refractivity contribution is 4.77. The third-order valence-electron chi connectivity index (χ3n) is 3.34. The molecule has 0 aromatic carbocycles. The smallest absolute Gasteiger partial charge is 0.0704 e. The number of nitrogens with one attached hydrogen (secondary N) is 1. The highest BCUT2D eigenvalue weighted by Crippen LogP contribution is 2.20. The van der Waals surface area contributed by atoms with Crippen LogP contribution in [0.5, 0.6) is 0 Å². The van der Waals surface area contributed by atoms with E-state index in [9.17, 15) is 0 Å². The fourth-order valence-electron chi connectivity index (χ4n) is 2.45. The van der Waals surface area contributed by atoms with E-state index in [1.165, 1.54) is 19.3 Å². The molecular weight excluding hydrogens is 230 g/mol. The molecule has 18 heavy (non-hydrogen) atoms. The molecule has 4 heteroatoms. The van der Waals surface area contributed by atoms with Gasteiger partial charge < -0.3 is 19.5 Å². The van der Waals surface area contributed by atoms with Gasteiger partial charge >= 0.3 is 0 Å². The molecule has 2 atom stereocenters. The molecule has 0 spiro atoms. The van der Waals surface area contributed by atoms with E-state index in [1.54, 1.807) is 7.11 Å². The Morgan fingerprint density at radius 2 is 2.00 bits per heavy atom. The minimum absolute atomic E-state index is 0.422. The molecule has 0 aliphatic heterocycles. The van der Waals surface area contributed by atoms with Gasteiger partial charge in [-0.15, -0.1) is 0 Å². The summed E-state index contributed by atoms with van der Waals surface area (Å²) in [7, 11) is 1.72. The predicted molar refractivity (Wildman–Crippen MR) is 73.0 cm³/mol. The van der Waals surface area contributed by atoms with Gasteiger partial charge in [0.05, 0.1) is 19.3 Å². The molecule has 1 fully saturated rings. The minimum Gasteiger partial charge on any atom is -0.385 e. The van der Waals surface area contributed by atoms with Gasteiger partial charge in [0, 0.05) is 26.4 Å².